The molecule has 0 aliphatic heterocycles. The van der Waals surface area contributed by atoms with Crippen LogP contribution in [0.15, 0.2) is 146 Å². The number of nitrogens with zero attached hydrogens (tertiary/aromatic N) is 6. The third-order valence-electron chi connectivity index (χ3n) is 11.5. The highest BCUT2D eigenvalue weighted by atomic mass is 16.5. The van der Waals surface area contributed by atoms with E-state index >= 15 is 0 Å². The number of hydrogen-bond acceptors (Lipinski definition) is 13. The fourth-order valence-corrected chi connectivity index (χ4v) is 7.43. The number of aliphatic hydroxyl groups excluding tert-OH is 2. The molecule has 8 rings (SSSR count). The summed E-state index contributed by atoms with van der Waals surface area (Å²) in [4.78, 5) is 21.3. The van der Waals surface area contributed by atoms with Crippen molar-refractivity contribution in [2.75, 3.05) is 10.6 Å². The van der Waals surface area contributed by atoms with Crippen LogP contribution in [-0.4, -0.2) is 41.8 Å². The number of aryl methyl sites for hydroxylation is 2. The number of ether oxygens (including phenoxy) is 2. The van der Waals surface area contributed by atoms with Gasteiger partial charge in [-0.2, -0.15) is 5.26 Å². The zero-order valence-electron chi connectivity index (χ0n) is 39.6. The number of aliphatic hydroxyl groups is 2. The Balaban J connectivity index is 0.000000212. The third kappa shape index (κ3) is 13.0. The Morgan fingerprint density at radius 3 is 1.36 bits per heavy atom. The normalized spacial score (nSPS) is 10.5. The van der Waals surface area contributed by atoms with Crippen molar-refractivity contribution in [1.29, 1.82) is 16.1 Å². The quantitative estimate of drug-likeness (QED) is 0.0227. The summed E-state index contributed by atoms with van der Waals surface area (Å²) in [6, 6.07) is 39.1. The van der Waals surface area contributed by atoms with Crippen LogP contribution in [0.2, 0.25) is 0 Å². The minimum absolute atomic E-state index is 0.0164. The van der Waals surface area contributed by atoms with E-state index in [4.69, 9.17) is 43.6 Å². The first kappa shape index (κ1) is 50.4. The molecule has 0 saturated carbocycles. The molecular weight excluding hydrogens is 905 g/mol. The van der Waals surface area contributed by atoms with Gasteiger partial charge in [0.1, 0.15) is 48.0 Å². The van der Waals surface area contributed by atoms with Gasteiger partial charge in [0.2, 0.25) is 0 Å². The van der Waals surface area contributed by atoms with Crippen molar-refractivity contribution in [3.63, 3.8) is 0 Å². The zero-order valence-corrected chi connectivity index (χ0v) is 39.6. The lowest BCUT2D eigenvalue weighted by Crippen LogP contribution is -2.11. The second kappa shape index (κ2) is 24.2. The molecule has 0 aliphatic carbocycles. The molecule has 72 heavy (non-hydrogen) atoms. The van der Waals surface area contributed by atoms with Crippen LogP contribution in [-0.2, 0) is 39.5 Å². The maximum atomic E-state index is 10.1. The highest BCUT2D eigenvalue weighted by molar-refractivity contribution is 5.95. The molecule has 0 amide bonds. The zero-order chi connectivity index (χ0) is 51.0. The summed E-state index contributed by atoms with van der Waals surface area (Å²) < 4.78 is 12.1. The predicted octanol–water partition coefficient (Wildman–Crippen LogP) is 9.26. The predicted molar refractivity (Wildman–Crippen MR) is 278 cm³/mol. The molecule has 8 aromatic rings. The number of anilines is 2. The molecule has 10 N–H and O–H groups in total. The van der Waals surface area contributed by atoms with Crippen molar-refractivity contribution in [2.24, 2.45) is 11.5 Å². The van der Waals surface area contributed by atoms with Crippen LogP contribution in [0.25, 0.3) is 27.1 Å². The standard InChI is InChI=1S/C28H29N7O2.C28H23N5O2/c1-17-26(37-16-18-2-4-20(5-3-18)27(29)30)24(15-36)23(13-33-17)14-35-25-11-10-22(12-34-25)19-6-8-21(9-7-19)28(31)32;1-19-28(35-18-21-5-10-25(30-2)11-6-21)26(17-34)24(15-31-19)16-33-27-12-9-23(14-32-27)22-7-3-20(13-29)4-8-22/h2-13,36H,14-16H2,1H3,(H3,29,30)(H3,31,32)(H,34,35);3-12,14-15,34H,16-18H2,1H3,(H,32,33). The lowest BCUT2D eigenvalue weighted by atomic mass is 10.1. The molecule has 4 aromatic heterocycles. The van der Waals surface area contributed by atoms with Gasteiger partial charge in [-0.15, -0.1) is 0 Å². The van der Waals surface area contributed by atoms with Gasteiger partial charge < -0.3 is 41.8 Å². The van der Waals surface area contributed by atoms with Gasteiger partial charge in [0.05, 0.1) is 42.8 Å². The first-order chi connectivity index (χ1) is 35.0. The van der Waals surface area contributed by atoms with Crippen molar-refractivity contribution in [3.8, 4) is 39.8 Å². The Morgan fingerprint density at radius 1 is 0.583 bits per heavy atom. The lowest BCUT2D eigenvalue weighted by molar-refractivity contribution is 0.255. The summed E-state index contributed by atoms with van der Waals surface area (Å²) in [5, 5.41) is 50.7. The molecule has 0 radical (unpaired) electrons. The number of amidine groups is 2. The minimum atomic E-state index is -0.193. The molecule has 0 aliphatic rings. The average molecular weight is 957 g/mol. The summed E-state index contributed by atoms with van der Waals surface area (Å²) in [6.07, 6.45) is 7.01. The highest BCUT2D eigenvalue weighted by Gasteiger charge is 2.16. The van der Waals surface area contributed by atoms with Crippen molar-refractivity contribution in [1.82, 2.24) is 19.9 Å². The first-order valence-electron chi connectivity index (χ1n) is 22.6. The van der Waals surface area contributed by atoms with E-state index in [0.717, 1.165) is 44.5 Å². The van der Waals surface area contributed by atoms with Gasteiger partial charge in [-0.3, -0.25) is 20.8 Å². The molecule has 0 saturated heterocycles. The molecule has 4 aromatic carbocycles. The summed E-state index contributed by atoms with van der Waals surface area (Å²) in [7, 11) is 0. The van der Waals surface area contributed by atoms with Crippen LogP contribution in [0.4, 0.5) is 17.3 Å². The van der Waals surface area contributed by atoms with Gasteiger partial charge >= 0.3 is 0 Å². The molecule has 16 heteroatoms. The number of nitrogens with one attached hydrogen (secondary N) is 4. The van der Waals surface area contributed by atoms with E-state index in [2.05, 4.69) is 41.5 Å². The Hall–Kier alpha value is -9.48. The molecule has 0 spiro atoms. The van der Waals surface area contributed by atoms with Crippen LogP contribution in [0, 0.1) is 42.6 Å². The number of nitrogens with two attached hydrogens (primary N) is 2. The second-order valence-electron chi connectivity index (χ2n) is 16.4. The van der Waals surface area contributed by atoms with Gasteiger partial charge in [-0.25, -0.2) is 14.8 Å². The Kier molecular flexibility index (Phi) is 16.9. The Morgan fingerprint density at radius 2 is 0.986 bits per heavy atom. The average Bonchev–Trinajstić information content (AvgIpc) is 3.42. The molecule has 360 valence electrons. The van der Waals surface area contributed by atoms with Crippen molar-refractivity contribution in [2.45, 2.75) is 53.4 Å². The summed E-state index contributed by atoms with van der Waals surface area (Å²) in [5.41, 5.74) is 23.6. The first-order valence-corrected chi connectivity index (χ1v) is 22.6. The SMILES string of the molecule is Cc1ncc(CNc2ccc(-c3ccc(C(=N)N)cc3)cn2)c(CO)c1OCc1ccc(C(=N)N)cc1.[C-]#[N+]c1ccc(COc2c(C)ncc(CNc3ccc(-c4ccc(C#N)cc4)cn3)c2CO)cc1. The van der Waals surface area contributed by atoms with E-state index in [1.165, 1.54) is 0 Å². The molecule has 0 fully saturated rings. The summed E-state index contributed by atoms with van der Waals surface area (Å²) >= 11 is 0. The van der Waals surface area contributed by atoms with Crippen LogP contribution in [0.1, 0.15) is 61.5 Å². The fourth-order valence-electron chi connectivity index (χ4n) is 7.43. The fraction of sp³-hybridized carbons (Fsp3) is 0.143. The molecule has 4 heterocycles. The van der Waals surface area contributed by atoms with E-state index < -0.39 is 0 Å². The number of aromatic nitrogens is 4. The monoisotopic (exact) mass is 956 g/mol. The topological polar surface area (TPSA) is 262 Å². The van der Waals surface area contributed by atoms with E-state index in [0.29, 0.717) is 94.3 Å². The van der Waals surface area contributed by atoms with Gasteiger partial charge in [-0.05, 0) is 83.6 Å². The Labute approximate surface area is 417 Å². The lowest BCUT2D eigenvalue weighted by Gasteiger charge is -2.17. The van der Waals surface area contributed by atoms with Gasteiger partial charge in [0, 0.05) is 71.3 Å². The maximum absolute atomic E-state index is 10.1. The van der Waals surface area contributed by atoms with Crippen LogP contribution in [0.5, 0.6) is 11.5 Å². The van der Waals surface area contributed by atoms with Gasteiger partial charge in [0.15, 0.2) is 5.69 Å². The number of pyridine rings is 4. The molecule has 0 unspecified atom stereocenters. The van der Waals surface area contributed by atoms with Crippen molar-refractivity contribution < 1.29 is 19.7 Å². The van der Waals surface area contributed by atoms with E-state index in [1.54, 1.807) is 61.2 Å². The number of benzene rings is 4. The van der Waals surface area contributed by atoms with Crippen molar-refractivity contribution in [3.05, 3.63) is 219 Å². The number of nitrogen functional groups attached to an aromatic ring is 2. The number of nitriles is 1. The van der Waals surface area contributed by atoms with Crippen molar-refractivity contribution >= 4 is 29.0 Å². The van der Waals surface area contributed by atoms with E-state index in [-0.39, 0.29) is 24.9 Å². The van der Waals surface area contributed by atoms with Crippen LogP contribution in [0.3, 0.4) is 0 Å². The minimum Gasteiger partial charge on any atom is -0.487 e. The second-order valence-corrected chi connectivity index (χ2v) is 16.4. The Bertz CT molecular complexity index is 3230. The van der Waals surface area contributed by atoms with E-state index in [9.17, 15) is 10.2 Å². The van der Waals surface area contributed by atoms with E-state index in [1.807, 2.05) is 98.8 Å². The number of hydrogen-bond donors (Lipinski definition) is 8. The van der Waals surface area contributed by atoms with Gasteiger partial charge in [-0.1, -0.05) is 84.9 Å². The maximum Gasteiger partial charge on any atom is 0.187 e. The molecular formula is C56H52N12O4. The number of rotatable bonds is 18. The summed E-state index contributed by atoms with van der Waals surface area (Å²) in [5.74, 6) is 2.53. The smallest absolute Gasteiger partial charge is 0.187 e. The van der Waals surface area contributed by atoms with Crippen LogP contribution < -0.4 is 31.6 Å². The van der Waals surface area contributed by atoms with Crippen LogP contribution >= 0.6 is 0 Å². The third-order valence-corrected chi connectivity index (χ3v) is 11.5. The molecule has 0 bridgehead atoms. The molecule has 0 atom stereocenters. The largest absolute Gasteiger partial charge is 0.487 e. The molecule has 16 nitrogen and oxygen atoms in total. The highest BCUT2D eigenvalue weighted by Crippen LogP contribution is 2.30. The summed E-state index contributed by atoms with van der Waals surface area (Å²) in [6.45, 7) is 11.8. The van der Waals surface area contributed by atoms with Gasteiger partial charge in [0.25, 0.3) is 0 Å².